The molecule has 0 bridgehead atoms. The van der Waals surface area contributed by atoms with Gasteiger partial charge in [-0.3, -0.25) is 4.79 Å². The van der Waals surface area contributed by atoms with E-state index >= 15 is 0 Å². The van der Waals surface area contributed by atoms with E-state index in [1.807, 2.05) is 42.5 Å². The highest BCUT2D eigenvalue weighted by atomic mass is 16.5. The number of rotatable bonds is 5. The molecular formula is C24H24N2O3. The first-order valence-corrected chi connectivity index (χ1v) is 9.91. The molecule has 0 fully saturated rings. The van der Waals surface area contributed by atoms with E-state index in [1.165, 1.54) is 0 Å². The second-order valence-electron chi connectivity index (χ2n) is 7.30. The summed E-state index contributed by atoms with van der Waals surface area (Å²) < 4.78 is 11.6. The number of carbonyl (C=O) groups excluding carboxylic acids is 1. The zero-order valence-electron chi connectivity index (χ0n) is 16.9. The monoisotopic (exact) mass is 388 g/mol. The van der Waals surface area contributed by atoms with Crippen molar-refractivity contribution in [1.29, 1.82) is 0 Å². The van der Waals surface area contributed by atoms with Gasteiger partial charge in [0.25, 0.3) is 0 Å². The molecule has 1 aliphatic heterocycles. The summed E-state index contributed by atoms with van der Waals surface area (Å²) >= 11 is 0. The Labute approximate surface area is 170 Å². The Morgan fingerprint density at radius 2 is 1.72 bits per heavy atom. The number of para-hydroxylation sites is 1. The largest absolute Gasteiger partial charge is 0.496 e. The second-order valence-corrected chi connectivity index (χ2v) is 7.30. The normalized spacial score (nSPS) is 14.8. The first kappa shape index (κ1) is 19.1. The minimum absolute atomic E-state index is 0.113. The highest BCUT2D eigenvalue weighted by Crippen LogP contribution is 2.38. The van der Waals surface area contributed by atoms with Crippen molar-refractivity contribution >= 4 is 5.78 Å². The van der Waals surface area contributed by atoms with Crippen molar-refractivity contribution in [3.8, 4) is 34.0 Å². The van der Waals surface area contributed by atoms with E-state index in [0.29, 0.717) is 23.6 Å². The molecule has 0 N–H and O–H groups in total. The number of carbonyl (C=O) groups is 1. The average Bonchev–Trinajstić information content (AvgIpc) is 2.79. The SMILES string of the molecule is CCC1(CC)CC(=O)c2cc(-c3ncc(-c4ccccc4OC)cn3)ccc2O1. The number of ether oxygens (including phenoxy) is 2. The molecule has 0 radical (unpaired) electrons. The van der Waals surface area contributed by atoms with Gasteiger partial charge in [-0.25, -0.2) is 9.97 Å². The smallest absolute Gasteiger partial charge is 0.170 e. The molecule has 5 heteroatoms. The molecule has 0 saturated heterocycles. The molecule has 4 rings (SSSR count). The number of benzene rings is 2. The van der Waals surface area contributed by atoms with E-state index in [9.17, 15) is 4.79 Å². The van der Waals surface area contributed by atoms with Gasteiger partial charge < -0.3 is 9.47 Å². The van der Waals surface area contributed by atoms with E-state index in [2.05, 4.69) is 23.8 Å². The Balaban J connectivity index is 1.65. The van der Waals surface area contributed by atoms with Crippen LogP contribution >= 0.6 is 0 Å². The molecular weight excluding hydrogens is 364 g/mol. The lowest BCUT2D eigenvalue weighted by atomic mass is 9.85. The fourth-order valence-corrected chi connectivity index (χ4v) is 3.78. The van der Waals surface area contributed by atoms with Gasteiger partial charge in [-0.1, -0.05) is 32.0 Å². The molecule has 1 aromatic heterocycles. The number of ketones is 1. The fraction of sp³-hybridized carbons (Fsp3) is 0.292. The van der Waals surface area contributed by atoms with Gasteiger partial charge in [-0.2, -0.15) is 0 Å². The van der Waals surface area contributed by atoms with Crippen LogP contribution in [0.15, 0.2) is 54.9 Å². The van der Waals surface area contributed by atoms with Crippen LogP contribution in [0.3, 0.4) is 0 Å². The van der Waals surface area contributed by atoms with Crippen molar-refractivity contribution in [1.82, 2.24) is 9.97 Å². The van der Waals surface area contributed by atoms with Crippen LogP contribution in [0, 0.1) is 0 Å². The summed E-state index contributed by atoms with van der Waals surface area (Å²) in [7, 11) is 1.64. The number of aromatic nitrogens is 2. The molecule has 0 unspecified atom stereocenters. The van der Waals surface area contributed by atoms with Crippen molar-refractivity contribution in [3.63, 3.8) is 0 Å². The van der Waals surface area contributed by atoms with Gasteiger partial charge in [0.1, 0.15) is 17.1 Å². The molecule has 0 amide bonds. The number of fused-ring (bicyclic) bond motifs is 1. The molecule has 0 atom stereocenters. The highest BCUT2D eigenvalue weighted by molar-refractivity contribution is 6.01. The van der Waals surface area contributed by atoms with Gasteiger partial charge in [-0.15, -0.1) is 0 Å². The van der Waals surface area contributed by atoms with Crippen molar-refractivity contribution in [2.45, 2.75) is 38.7 Å². The Bertz CT molecular complexity index is 1040. The molecule has 29 heavy (non-hydrogen) atoms. The van der Waals surface area contributed by atoms with Crippen LogP contribution in [-0.2, 0) is 0 Å². The van der Waals surface area contributed by atoms with Crippen LogP contribution in [0.4, 0.5) is 0 Å². The number of nitrogens with zero attached hydrogens (tertiary/aromatic N) is 2. The van der Waals surface area contributed by atoms with Gasteiger partial charge in [-0.05, 0) is 37.1 Å². The maximum Gasteiger partial charge on any atom is 0.170 e. The molecule has 0 saturated carbocycles. The molecule has 5 nitrogen and oxygen atoms in total. The lowest BCUT2D eigenvalue weighted by Gasteiger charge is -2.36. The summed E-state index contributed by atoms with van der Waals surface area (Å²) in [5, 5.41) is 0. The molecule has 0 spiro atoms. The van der Waals surface area contributed by atoms with Gasteiger partial charge in [0.2, 0.25) is 0 Å². The molecule has 0 aliphatic carbocycles. The molecule has 1 aliphatic rings. The van der Waals surface area contributed by atoms with Crippen LogP contribution in [0.25, 0.3) is 22.5 Å². The Morgan fingerprint density at radius 1 is 1.00 bits per heavy atom. The number of methoxy groups -OCH3 is 1. The van der Waals surface area contributed by atoms with Crippen molar-refractivity contribution in [3.05, 3.63) is 60.4 Å². The highest BCUT2D eigenvalue weighted by Gasteiger charge is 2.37. The summed E-state index contributed by atoms with van der Waals surface area (Å²) in [6, 6.07) is 13.4. The maximum absolute atomic E-state index is 12.8. The predicted molar refractivity (Wildman–Crippen MR) is 112 cm³/mol. The van der Waals surface area contributed by atoms with E-state index in [4.69, 9.17) is 9.47 Å². The zero-order chi connectivity index (χ0) is 20.4. The summed E-state index contributed by atoms with van der Waals surface area (Å²) in [6.07, 6.45) is 5.58. The van der Waals surface area contributed by atoms with Crippen LogP contribution in [0.5, 0.6) is 11.5 Å². The standard InChI is InChI=1S/C24H24N2O3/c1-4-24(5-2)13-20(27)19-12-16(10-11-22(19)29-24)23-25-14-17(15-26-23)18-8-6-7-9-21(18)28-3/h6-12,14-15H,4-5,13H2,1-3H3. The molecule has 2 heterocycles. The molecule has 3 aromatic rings. The first-order chi connectivity index (χ1) is 14.1. The minimum Gasteiger partial charge on any atom is -0.496 e. The third-order valence-corrected chi connectivity index (χ3v) is 5.71. The molecule has 148 valence electrons. The van der Waals surface area contributed by atoms with Crippen LogP contribution in [0.2, 0.25) is 0 Å². The summed E-state index contributed by atoms with van der Waals surface area (Å²) in [5.74, 6) is 2.11. The lowest BCUT2D eigenvalue weighted by Crippen LogP contribution is -2.40. The van der Waals surface area contributed by atoms with Crippen molar-refractivity contribution in [2.75, 3.05) is 7.11 Å². The number of hydrogen-bond acceptors (Lipinski definition) is 5. The van der Waals surface area contributed by atoms with Crippen LogP contribution in [-0.4, -0.2) is 28.5 Å². The Kier molecular flexibility index (Phi) is 5.05. The van der Waals surface area contributed by atoms with Crippen molar-refractivity contribution < 1.29 is 14.3 Å². The topological polar surface area (TPSA) is 61.3 Å². The fourth-order valence-electron chi connectivity index (χ4n) is 3.78. The third kappa shape index (κ3) is 3.48. The van der Waals surface area contributed by atoms with Crippen LogP contribution in [0.1, 0.15) is 43.5 Å². The van der Waals surface area contributed by atoms with Gasteiger partial charge in [0.15, 0.2) is 11.6 Å². The van der Waals surface area contributed by atoms with Crippen molar-refractivity contribution in [2.24, 2.45) is 0 Å². The first-order valence-electron chi connectivity index (χ1n) is 9.91. The van der Waals surface area contributed by atoms with Crippen LogP contribution < -0.4 is 9.47 Å². The molecule has 2 aromatic carbocycles. The predicted octanol–water partition coefficient (Wildman–Crippen LogP) is 5.34. The minimum atomic E-state index is -0.390. The zero-order valence-corrected chi connectivity index (χ0v) is 16.9. The van der Waals surface area contributed by atoms with Gasteiger partial charge >= 0.3 is 0 Å². The van der Waals surface area contributed by atoms with E-state index < -0.39 is 5.60 Å². The van der Waals surface area contributed by atoms with Gasteiger partial charge in [0, 0.05) is 29.1 Å². The van der Waals surface area contributed by atoms with E-state index in [-0.39, 0.29) is 5.78 Å². The third-order valence-electron chi connectivity index (χ3n) is 5.71. The van der Waals surface area contributed by atoms with E-state index in [1.54, 1.807) is 19.5 Å². The second kappa shape index (κ2) is 7.66. The maximum atomic E-state index is 12.8. The Hall–Kier alpha value is -3.21. The summed E-state index contributed by atoms with van der Waals surface area (Å²) in [4.78, 5) is 21.8. The summed E-state index contributed by atoms with van der Waals surface area (Å²) in [5.41, 5.74) is 2.83. The number of Topliss-reactive ketones (excluding diaryl/α,β-unsaturated/α-hetero) is 1. The Morgan fingerprint density at radius 3 is 2.41 bits per heavy atom. The lowest BCUT2D eigenvalue weighted by molar-refractivity contribution is 0.0350. The number of hydrogen-bond donors (Lipinski definition) is 0. The summed E-state index contributed by atoms with van der Waals surface area (Å²) in [6.45, 7) is 4.13. The average molecular weight is 388 g/mol. The van der Waals surface area contributed by atoms with E-state index in [0.717, 1.165) is 35.3 Å². The van der Waals surface area contributed by atoms with Gasteiger partial charge in [0.05, 0.1) is 19.1 Å². The quantitative estimate of drug-likeness (QED) is 0.590.